The van der Waals surface area contributed by atoms with Gasteiger partial charge in [0, 0.05) is 25.9 Å². The molecule has 0 radical (unpaired) electrons. The Kier molecular flexibility index (Phi) is 4.51. The molecule has 3 unspecified atom stereocenters. The molecule has 21 heavy (non-hydrogen) atoms. The predicted octanol–water partition coefficient (Wildman–Crippen LogP) is 3.92. The van der Waals surface area contributed by atoms with Crippen LogP contribution >= 0.6 is 0 Å². The lowest BCUT2D eigenvalue weighted by molar-refractivity contribution is -0.112. The Morgan fingerprint density at radius 1 is 1.29 bits per heavy atom. The predicted molar refractivity (Wildman–Crippen MR) is 82.9 cm³/mol. The molecule has 0 aromatic heterocycles. The highest BCUT2D eigenvalue weighted by Crippen LogP contribution is 2.34. The molecule has 2 heterocycles. The molecule has 3 heteroatoms. The zero-order valence-corrected chi connectivity index (χ0v) is 13.1. The van der Waals surface area contributed by atoms with Gasteiger partial charge in [0.15, 0.2) is 0 Å². The normalized spacial score (nSPS) is 30.5. The summed E-state index contributed by atoms with van der Waals surface area (Å²) in [5.74, 6) is 1.59. The Morgan fingerprint density at radius 2 is 2.10 bits per heavy atom. The largest absolute Gasteiger partial charge is 0.490 e. The zero-order chi connectivity index (χ0) is 14.7. The molecular formula is C18H26O3. The first-order valence-corrected chi connectivity index (χ1v) is 8.19. The van der Waals surface area contributed by atoms with Crippen molar-refractivity contribution in [2.24, 2.45) is 0 Å². The number of ether oxygens (including phenoxy) is 3. The Balaban J connectivity index is 1.60. The van der Waals surface area contributed by atoms with Gasteiger partial charge in [0.05, 0.1) is 18.8 Å². The van der Waals surface area contributed by atoms with Crippen molar-refractivity contribution in [3.63, 3.8) is 0 Å². The van der Waals surface area contributed by atoms with E-state index in [1.807, 2.05) is 0 Å². The third-order valence-electron chi connectivity index (χ3n) is 4.88. The Bertz CT molecular complexity index is 448. The topological polar surface area (TPSA) is 27.7 Å². The maximum Gasteiger partial charge on any atom is 0.119 e. The van der Waals surface area contributed by atoms with Crippen molar-refractivity contribution in [2.75, 3.05) is 19.8 Å². The molecule has 3 nitrogen and oxygen atoms in total. The summed E-state index contributed by atoms with van der Waals surface area (Å²) in [4.78, 5) is 0. The molecule has 0 saturated carbocycles. The van der Waals surface area contributed by atoms with Crippen molar-refractivity contribution in [2.45, 2.75) is 57.2 Å². The summed E-state index contributed by atoms with van der Waals surface area (Å²) in [5.41, 5.74) is 1.30. The van der Waals surface area contributed by atoms with E-state index in [9.17, 15) is 0 Å². The fraction of sp³-hybridized carbons (Fsp3) is 0.667. The molecule has 0 bridgehead atoms. The molecule has 0 N–H and O–H groups in total. The highest BCUT2D eigenvalue weighted by molar-refractivity contribution is 5.29. The van der Waals surface area contributed by atoms with Crippen LogP contribution in [0.1, 0.15) is 51.0 Å². The summed E-state index contributed by atoms with van der Waals surface area (Å²) in [7, 11) is 0. The first-order valence-electron chi connectivity index (χ1n) is 8.19. The van der Waals surface area contributed by atoms with E-state index >= 15 is 0 Å². The molecule has 2 fully saturated rings. The number of benzene rings is 1. The van der Waals surface area contributed by atoms with Crippen LogP contribution in [-0.2, 0) is 9.47 Å². The van der Waals surface area contributed by atoms with Crippen LogP contribution in [0.2, 0.25) is 0 Å². The second kappa shape index (κ2) is 6.37. The van der Waals surface area contributed by atoms with Crippen molar-refractivity contribution in [3.05, 3.63) is 29.8 Å². The summed E-state index contributed by atoms with van der Waals surface area (Å²) >= 11 is 0. The van der Waals surface area contributed by atoms with Gasteiger partial charge in [-0.1, -0.05) is 26.0 Å². The van der Waals surface area contributed by atoms with E-state index in [-0.39, 0.29) is 11.7 Å². The minimum absolute atomic E-state index is 0.0837. The summed E-state index contributed by atoms with van der Waals surface area (Å²) in [6, 6.07) is 8.60. The molecule has 1 aromatic rings. The van der Waals surface area contributed by atoms with Gasteiger partial charge >= 0.3 is 0 Å². The second-order valence-electron chi connectivity index (χ2n) is 6.45. The van der Waals surface area contributed by atoms with E-state index in [0.29, 0.717) is 5.92 Å². The number of hydrogen-bond acceptors (Lipinski definition) is 3. The average molecular weight is 290 g/mol. The van der Waals surface area contributed by atoms with E-state index < -0.39 is 0 Å². The van der Waals surface area contributed by atoms with Crippen LogP contribution < -0.4 is 4.74 Å². The minimum atomic E-state index is -0.0837. The fourth-order valence-corrected chi connectivity index (χ4v) is 3.25. The lowest BCUT2D eigenvalue weighted by Crippen LogP contribution is -2.44. The lowest BCUT2D eigenvalue weighted by atomic mass is 9.91. The molecule has 0 aliphatic carbocycles. The molecule has 1 spiro atoms. The number of rotatable bonds is 4. The van der Waals surface area contributed by atoms with Crippen LogP contribution in [-0.4, -0.2) is 31.5 Å². The zero-order valence-electron chi connectivity index (χ0n) is 13.1. The van der Waals surface area contributed by atoms with Crippen LogP contribution in [0.3, 0.4) is 0 Å². The van der Waals surface area contributed by atoms with Crippen LogP contribution in [0.25, 0.3) is 0 Å². The van der Waals surface area contributed by atoms with Gasteiger partial charge in [0.2, 0.25) is 0 Å². The molecule has 0 amide bonds. The van der Waals surface area contributed by atoms with Gasteiger partial charge in [0.1, 0.15) is 11.9 Å². The Hall–Kier alpha value is -1.06. The second-order valence-corrected chi connectivity index (χ2v) is 6.45. The highest BCUT2D eigenvalue weighted by atomic mass is 16.6. The van der Waals surface area contributed by atoms with Gasteiger partial charge in [-0.2, -0.15) is 0 Å². The monoisotopic (exact) mass is 290 g/mol. The quantitative estimate of drug-likeness (QED) is 0.841. The summed E-state index contributed by atoms with van der Waals surface area (Å²) < 4.78 is 17.6. The molecular weight excluding hydrogens is 264 g/mol. The van der Waals surface area contributed by atoms with Crippen molar-refractivity contribution in [3.8, 4) is 5.75 Å². The maximum absolute atomic E-state index is 6.17. The molecule has 1 aromatic carbocycles. The standard InChI is InChI=1S/C18H26O3/c1-3-14(2)15-4-6-16(7-5-15)21-17-8-10-20-18(12-17)9-11-19-13-18/h4-7,14,17H,3,8-13H2,1-2H3. The van der Waals surface area contributed by atoms with Gasteiger partial charge in [-0.25, -0.2) is 0 Å². The van der Waals surface area contributed by atoms with Gasteiger partial charge < -0.3 is 14.2 Å². The van der Waals surface area contributed by atoms with Gasteiger partial charge in [-0.3, -0.25) is 0 Å². The van der Waals surface area contributed by atoms with E-state index in [1.54, 1.807) is 0 Å². The van der Waals surface area contributed by atoms with E-state index in [0.717, 1.165) is 44.8 Å². The van der Waals surface area contributed by atoms with Crippen molar-refractivity contribution < 1.29 is 14.2 Å². The molecule has 2 aliphatic heterocycles. The SMILES string of the molecule is CCC(C)c1ccc(OC2CCOC3(CCOC3)C2)cc1. The van der Waals surface area contributed by atoms with E-state index in [1.165, 1.54) is 12.0 Å². The molecule has 3 atom stereocenters. The fourth-order valence-electron chi connectivity index (χ4n) is 3.25. The number of hydrogen-bond donors (Lipinski definition) is 0. The minimum Gasteiger partial charge on any atom is -0.490 e. The first-order chi connectivity index (χ1) is 10.2. The lowest BCUT2D eigenvalue weighted by Gasteiger charge is -2.37. The third kappa shape index (κ3) is 3.41. The first kappa shape index (κ1) is 14.9. The smallest absolute Gasteiger partial charge is 0.119 e. The van der Waals surface area contributed by atoms with Gasteiger partial charge in [0.25, 0.3) is 0 Å². The third-order valence-corrected chi connectivity index (χ3v) is 4.88. The molecule has 2 aliphatic rings. The molecule has 3 rings (SSSR count). The van der Waals surface area contributed by atoms with Crippen LogP contribution in [0.5, 0.6) is 5.75 Å². The average Bonchev–Trinajstić information content (AvgIpc) is 2.95. The van der Waals surface area contributed by atoms with E-state index in [2.05, 4.69) is 38.1 Å². The Morgan fingerprint density at radius 3 is 2.76 bits per heavy atom. The Labute approximate surface area is 127 Å². The summed E-state index contributed by atoms with van der Waals surface area (Å²) in [6.07, 6.45) is 4.33. The summed E-state index contributed by atoms with van der Waals surface area (Å²) in [6.45, 7) is 6.80. The van der Waals surface area contributed by atoms with Crippen LogP contribution in [0, 0.1) is 0 Å². The van der Waals surface area contributed by atoms with Crippen molar-refractivity contribution in [1.29, 1.82) is 0 Å². The van der Waals surface area contributed by atoms with Crippen molar-refractivity contribution >= 4 is 0 Å². The van der Waals surface area contributed by atoms with Crippen molar-refractivity contribution in [1.82, 2.24) is 0 Å². The molecule has 2 saturated heterocycles. The maximum atomic E-state index is 6.17. The molecule has 116 valence electrons. The van der Waals surface area contributed by atoms with E-state index in [4.69, 9.17) is 14.2 Å². The van der Waals surface area contributed by atoms with Crippen LogP contribution in [0.4, 0.5) is 0 Å². The summed E-state index contributed by atoms with van der Waals surface area (Å²) in [5, 5.41) is 0. The van der Waals surface area contributed by atoms with Gasteiger partial charge in [-0.05, 0) is 30.0 Å². The highest BCUT2D eigenvalue weighted by Gasteiger charge is 2.41. The van der Waals surface area contributed by atoms with Gasteiger partial charge in [-0.15, -0.1) is 0 Å². The van der Waals surface area contributed by atoms with Crippen LogP contribution in [0.15, 0.2) is 24.3 Å².